The van der Waals surface area contributed by atoms with Crippen LogP contribution in [0.25, 0.3) is 55.6 Å². The second kappa shape index (κ2) is 16.4. The molecule has 0 saturated heterocycles. The molecule has 11 rings (SSSR count). The van der Waals surface area contributed by atoms with Crippen LogP contribution in [0.1, 0.15) is 74.9 Å². The molecule has 0 heterocycles. The van der Waals surface area contributed by atoms with Gasteiger partial charge in [0.05, 0.1) is 0 Å². The molecule has 0 aromatic heterocycles. The van der Waals surface area contributed by atoms with E-state index in [1.807, 2.05) is 24.3 Å². The van der Waals surface area contributed by atoms with E-state index in [-0.39, 0.29) is 16.2 Å². The third kappa shape index (κ3) is 7.49. The zero-order valence-corrected chi connectivity index (χ0v) is 40.3. The lowest BCUT2D eigenvalue weighted by Gasteiger charge is -2.22. The normalized spacial score (nSPS) is 14.7. The molecule has 0 atom stereocenters. The molecule has 0 unspecified atom stereocenters. The molecule has 0 spiro atoms. The highest BCUT2D eigenvalue weighted by atomic mass is 127. The van der Waals surface area contributed by atoms with Gasteiger partial charge in [-0.2, -0.15) is 0 Å². The molecule has 8 aromatic rings. The van der Waals surface area contributed by atoms with E-state index in [0.717, 1.165) is 5.56 Å². The molecule has 3 aliphatic rings. The Bertz CT molecular complexity index is 2830. The van der Waals surface area contributed by atoms with Crippen LogP contribution >= 0.6 is 45.2 Å². The van der Waals surface area contributed by atoms with Crippen LogP contribution in [0.2, 0.25) is 0 Å². The van der Waals surface area contributed by atoms with Crippen molar-refractivity contribution in [3.05, 3.63) is 216 Å². The minimum Gasteiger partial charge on any atom is -0.423 e. The summed E-state index contributed by atoms with van der Waals surface area (Å²) in [5.41, 5.74) is 21.7. The molecule has 0 aliphatic heterocycles. The van der Waals surface area contributed by atoms with E-state index in [4.69, 9.17) is 0 Å². The van der Waals surface area contributed by atoms with Gasteiger partial charge in [0, 0.05) is 23.4 Å². The third-order valence-corrected chi connectivity index (χ3v) is 14.9. The Balaban J connectivity index is 0.000000155. The molecule has 0 radical (unpaired) electrons. The highest BCUT2D eigenvalue weighted by Crippen LogP contribution is 2.51. The first-order chi connectivity index (χ1) is 29.7. The lowest BCUT2D eigenvalue weighted by Crippen LogP contribution is -2.31. The maximum Gasteiger partial charge on any atom is 0.488 e. The van der Waals surface area contributed by atoms with Crippen LogP contribution < -0.4 is 5.46 Å². The maximum atomic E-state index is 9.30. The quantitative estimate of drug-likeness (QED) is 0.137. The van der Waals surface area contributed by atoms with E-state index >= 15 is 0 Å². The average Bonchev–Trinajstić information content (AvgIpc) is 3.77. The lowest BCUT2D eigenvalue weighted by molar-refractivity contribution is 0.425. The Morgan fingerprint density at radius 2 is 0.613 bits per heavy atom. The average molecular weight is 1030 g/mol. The van der Waals surface area contributed by atoms with Crippen molar-refractivity contribution in [1.82, 2.24) is 0 Å². The second-order valence-electron chi connectivity index (χ2n) is 18.2. The number of halogens is 2. The van der Waals surface area contributed by atoms with Crippen LogP contribution in [-0.4, -0.2) is 17.2 Å². The molecule has 2 nitrogen and oxygen atoms in total. The molecular formula is C57H49BI2O2. The highest BCUT2D eigenvalue weighted by Gasteiger charge is 2.37. The molecule has 0 bridgehead atoms. The molecule has 0 amide bonds. The van der Waals surface area contributed by atoms with Gasteiger partial charge in [0.1, 0.15) is 0 Å². The van der Waals surface area contributed by atoms with E-state index in [9.17, 15) is 10.0 Å². The van der Waals surface area contributed by atoms with Crippen LogP contribution in [0, 0.1) is 7.14 Å². The van der Waals surface area contributed by atoms with Gasteiger partial charge < -0.3 is 10.0 Å². The van der Waals surface area contributed by atoms with Gasteiger partial charge in [-0.05, 0) is 176 Å². The number of rotatable bonds is 3. The van der Waals surface area contributed by atoms with Crippen LogP contribution in [0.3, 0.4) is 0 Å². The van der Waals surface area contributed by atoms with E-state index in [0.29, 0.717) is 5.46 Å². The van der Waals surface area contributed by atoms with Crippen LogP contribution in [0.15, 0.2) is 176 Å². The van der Waals surface area contributed by atoms with Gasteiger partial charge in [-0.25, -0.2) is 0 Å². The lowest BCUT2D eigenvalue weighted by atomic mass is 9.75. The fourth-order valence-electron chi connectivity index (χ4n) is 9.93. The topological polar surface area (TPSA) is 40.5 Å². The Morgan fingerprint density at radius 3 is 0.968 bits per heavy atom. The summed E-state index contributed by atoms with van der Waals surface area (Å²) in [4.78, 5) is 0. The Morgan fingerprint density at radius 1 is 0.323 bits per heavy atom. The Labute approximate surface area is 394 Å². The van der Waals surface area contributed by atoms with Gasteiger partial charge in [0.25, 0.3) is 0 Å². The monoisotopic (exact) mass is 1030 g/mol. The number of hydrogen-bond donors (Lipinski definition) is 2. The number of hydrogen-bond acceptors (Lipinski definition) is 2. The summed E-state index contributed by atoms with van der Waals surface area (Å²) < 4.78 is 2.59. The Hall–Kier alpha value is -4.80. The van der Waals surface area contributed by atoms with Crippen molar-refractivity contribution in [1.29, 1.82) is 0 Å². The van der Waals surface area contributed by atoms with Crippen LogP contribution in [0.4, 0.5) is 0 Å². The fourth-order valence-corrected chi connectivity index (χ4v) is 10.7. The minimum atomic E-state index is -1.41. The van der Waals surface area contributed by atoms with Gasteiger partial charge in [-0.1, -0.05) is 181 Å². The molecule has 306 valence electrons. The van der Waals surface area contributed by atoms with Gasteiger partial charge in [0.15, 0.2) is 0 Å². The van der Waals surface area contributed by atoms with E-state index in [1.165, 1.54) is 90.6 Å². The smallest absolute Gasteiger partial charge is 0.423 e. The zero-order valence-electron chi connectivity index (χ0n) is 36.0. The third-order valence-electron chi connectivity index (χ3n) is 13.4. The predicted molar refractivity (Wildman–Crippen MR) is 278 cm³/mol. The molecule has 8 aromatic carbocycles. The second-order valence-corrected chi connectivity index (χ2v) is 20.7. The van der Waals surface area contributed by atoms with Crippen molar-refractivity contribution in [2.75, 3.05) is 0 Å². The predicted octanol–water partition coefficient (Wildman–Crippen LogP) is 14.2. The first-order valence-corrected chi connectivity index (χ1v) is 23.4. The molecule has 3 aliphatic carbocycles. The summed E-state index contributed by atoms with van der Waals surface area (Å²) in [6.45, 7) is 13.7. The summed E-state index contributed by atoms with van der Waals surface area (Å²) in [7, 11) is -1.41. The van der Waals surface area contributed by atoms with Crippen molar-refractivity contribution in [2.24, 2.45) is 0 Å². The van der Waals surface area contributed by atoms with Gasteiger partial charge >= 0.3 is 7.12 Å². The van der Waals surface area contributed by atoms with Crippen molar-refractivity contribution in [3.63, 3.8) is 0 Å². The number of benzene rings is 8. The van der Waals surface area contributed by atoms with E-state index < -0.39 is 7.12 Å². The molecule has 62 heavy (non-hydrogen) atoms. The van der Waals surface area contributed by atoms with Crippen molar-refractivity contribution in [3.8, 4) is 55.6 Å². The van der Waals surface area contributed by atoms with Crippen LogP contribution in [0.5, 0.6) is 0 Å². The summed E-state index contributed by atoms with van der Waals surface area (Å²) in [5.74, 6) is 0. The molecular weight excluding hydrogens is 981 g/mol. The SMILES string of the molecule is CC1(C)c2ccccc2-c2ccc(-c3ccc(-c4ccc5c(c4)C(C)(C)c4ccccc4-5)cc3)cc21.CC1(C)c2ccccc2-c2ccc(B(O)O)cc21.Ic1ccc(I)cc1. The largest absolute Gasteiger partial charge is 0.488 e. The minimum absolute atomic E-state index is 0.0245. The van der Waals surface area contributed by atoms with E-state index in [1.54, 1.807) is 6.07 Å². The molecule has 0 fully saturated rings. The zero-order chi connectivity index (χ0) is 43.6. The number of fused-ring (bicyclic) bond motifs is 9. The summed E-state index contributed by atoms with van der Waals surface area (Å²) >= 11 is 4.59. The van der Waals surface area contributed by atoms with Crippen molar-refractivity contribution < 1.29 is 10.0 Å². The Kier molecular flexibility index (Phi) is 11.2. The summed E-state index contributed by atoms with van der Waals surface area (Å²) in [6.07, 6.45) is 0. The van der Waals surface area contributed by atoms with Crippen LogP contribution in [-0.2, 0) is 16.2 Å². The van der Waals surface area contributed by atoms with Gasteiger partial charge in [-0.15, -0.1) is 0 Å². The standard InChI is InChI=1S/C36H30.C15H15BO2.C6H4I2/c1-35(2)31-11-7-5-9-27(31)29-19-17-25(21-33(29)35)23-13-15-24(16-14-23)26-18-20-30-28-10-6-8-12-32(28)36(3,4)34(30)22-26;1-15(2)13-6-4-3-5-11(13)12-8-7-10(16(17)18)9-14(12)15;7-5-1-2-6(8)4-3-5/h5-22H,1-4H3;3-9,17-18H,1-2H3;1-4H. The van der Waals surface area contributed by atoms with E-state index in [2.05, 4.69) is 232 Å². The van der Waals surface area contributed by atoms with Crippen molar-refractivity contribution in [2.45, 2.75) is 57.8 Å². The molecule has 2 N–H and O–H groups in total. The van der Waals surface area contributed by atoms with Gasteiger partial charge in [0.2, 0.25) is 0 Å². The van der Waals surface area contributed by atoms with Crippen molar-refractivity contribution >= 4 is 57.8 Å². The maximum absolute atomic E-state index is 9.30. The summed E-state index contributed by atoms with van der Waals surface area (Å²) in [5, 5.41) is 18.6. The highest BCUT2D eigenvalue weighted by molar-refractivity contribution is 14.1. The molecule has 5 heteroatoms. The summed E-state index contributed by atoms with van der Waals surface area (Å²) in [6, 6.07) is 63.2. The first kappa shape index (κ1) is 42.5. The molecule has 0 saturated carbocycles. The first-order valence-electron chi connectivity index (χ1n) is 21.3. The fraction of sp³-hybridized carbons (Fsp3) is 0.158. The van der Waals surface area contributed by atoms with Gasteiger partial charge in [-0.3, -0.25) is 0 Å².